The van der Waals surface area contributed by atoms with Crippen LogP contribution in [0.1, 0.15) is 12.0 Å². The maximum Gasteiger partial charge on any atom is 0.221 e. The number of hydrogen-bond donors (Lipinski definition) is 3. The SMILES string of the molecule is COc1cccc(OC)c1OCC(O)CNC(=O)CCn1c(-c2cccc(C)c2)n[nH]c1=S. The number of aliphatic hydroxyl groups is 1. The van der Waals surface area contributed by atoms with Crippen molar-refractivity contribution in [2.24, 2.45) is 0 Å². The third-order valence-corrected chi connectivity index (χ3v) is 5.25. The van der Waals surface area contributed by atoms with E-state index in [2.05, 4.69) is 15.5 Å². The lowest BCUT2D eigenvalue weighted by Gasteiger charge is -2.17. The highest BCUT2D eigenvalue weighted by molar-refractivity contribution is 7.71. The number of aryl methyl sites for hydroxylation is 1. The Bertz CT molecular complexity index is 1120. The number of carbonyl (C=O) groups is 1. The first kappa shape index (κ1) is 24.3. The summed E-state index contributed by atoms with van der Waals surface area (Å²) in [4.78, 5) is 12.4. The molecule has 0 aliphatic heterocycles. The van der Waals surface area contributed by atoms with Crippen LogP contribution in [0.4, 0.5) is 0 Å². The minimum atomic E-state index is -0.914. The van der Waals surface area contributed by atoms with E-state index in [1.54, 1.807) is 22.8 Å². The number of amides is 1. The van der Waals surface area contributed by atoms with Gasteiger partial charge in [-0.15, -0.1) is 0 Å². The molecule has 33 heavy (non-hydrogen) atoms. The normalized spacial score (nSPS) is 11.6. The van der Waals surface area contributed by atoms with Gasteiger partial charge in [-0.1, -0.05) is 29.8 Å². The van der Waals surface area contributed by atoms with Crippen molar-refractivity contribution >= 4 is 18.1 Å². The smallest absolute Gasteiger partial charge is 0.221 e. The molecule has 3 aromatic rings. The van der Waals surface area contributed by atoms with Gasteiger partial charge in [-0.3, -0.25) is 14.5 Å². The van der Waals surface area contributed by atoms with E-state index in [0.717, 1.165) is 11.1 Å². The summed E-state index contributed by atoms with van der Waals surface area (Å²) in [5.74, 6) is 1.84. The number of rotatable bonds is 11. The third kappa shape index (κ3) is 6.33. The molecule has 2 aromatic carbocycles. The van der Waals surface area contributed by atoms with Crippen LogP contribution in [0.15, 0.2) is 42.5 Å². The van der Waals surface area contributed by atoms with Gasteiger partial charge in [-0.2, -0.15) is 5.10 Å². The molecular weight excluding hydrogens is 444 g/mol. The van der Waals surface area contributed by atoms with Gasteiger partial charge in [0.25, 0.3) is 0 Å². The van der Waals surface area contributed by atoms with Gasteiger partial charge in [-0.05, 0) is 37.3 Å². The van der Waals surface area contributed by atoms with Crippen molar-refractivity contribution in [3.63, 3.8) is 0 Å². The number of H-pyrrole nitrogens is 1. The van der Waals surface area contributed by atoms with Crippen LogP contribution in [-0.4, -0.2) is 59.3 Å². The zero-order chi connectivity index (χ0) is 23.8. The minimum absolute atomic E-state index is 0.0395. The Morgan fingerprint density at radius 1 is 1.21 bits per heavy atom. The molecule has 10 heteroatoms. The monoisotopic (exact) mass is 472 g/mol. The highest BCUT2D eigenvalue weighted by atomic mass is 32.1. The second kappa shape index (κ2) is 11.5. The predicted octanol–water partition coefficient (Wildman–Crippen LogP) is 2.88. The minimum Gasteiger partial charge on any atom is -0.493 e. The Balaban J connectivity index is 1.51. The zero-order valence-electron chi connectivity index (χ0n) is 18.8. The summed E-state index contributed by atoms with van der Waals surface area (Å²) in [6.07, 6.45) is -0.733. The molecule has 0 fully saturated rings. The van der Waals surface area contributed by atoms with Gasteiger partial charge in [0.1, 0.15) is 12.7 Å². The van der Waals surface area contributed by atoms with Crippen LogP contribution in [-0.2, 0) is 11.3 Å². The molecule has 1 amide bonds. The fraction of sp³-hybridized carbons (Fsp3) is 0.348. The molecule has 0 saturated carbocycles. The first-order chi connectivity index (χ1) is 15.9. The molecule has 3 rings (SSSR count). The lowest BCUT2D eigenvalue weighted by atomic mass is 10.1. The van der Waals surface area contributed by atoms with Crippen LogP contribution in [0, 0.1) is 11.7 Å². The summed E-state index contributed by atoms with van der Waals surface area (Å²) in [5.41, 5.74) is 2.02. The van der Waals surface area contributed by atoms with Gasteiger partial charge in [-0.25, -0.2) is 0 Å². The van der Waals surface area contributed by atoms with Gasteiger partial charge in [0.15, 0.2) is 22.1 Å². The summed E-state index contributed by atoms with van der Waals surface area (Å²) >= 11 is 5.32. The number of hydrogen-bond acceptors (Lipinski definition) is 7. The summed E-state index contributed by atoms with van der Waals surface area (Å²) in [6, 6.07) is 13.1. The number of carbonyl (C=O) groups excluding carboxylic acids is 1. The molecule has 1 atom stereocenters. The Morgan fingerprint density at radius 2 is 1.91 bits per heavy atom. The Morgan fingerprint density at radius 3 is 2.58 bits per heavy atom. The van der Waals surface area contributed by atoms with Crippen molar-refractivity contribution in [1.29, 1.82) is 0 Å². The molecule has 0 aliphatic rings. The molecule has 0 spiro atoms. The van der Waals surface area contributed by atoms with E-state index in [4.69, 9.17) is 26.4 Å². The summed E-state index contributed by atoms with van der Waals surface area (Å²) in [6.45, 7) is 2.36. The largest absolute Gasteiger partial charge is 0.493 e. The second-order valence-corrected chi connectivity index (χ2v) is 7.77. The highest BCUT2D eigenvalue weighted by Gasteiger charge is 2.15. The van der Waals surface area contributed by atoms with Crippen molar-refractivity contribution in [3.05, 3.63) is 52.8 Å². The first-order valence-electron chi connectivity index (χ1n) is 10.4. The van der Waals surface area contributed by atoms with E-state index in [-0.39, 0.29) is 25.5 Å². The number of aromatic nitrogens is 3. The standard InChI is InChI=1S/C23H28N4O5S/c1-15-6-4-7-16(12-15)22-25-26-23(33)27(22)11-10-20(29)24-13-17(28)14-32-21-18(30-2)8-5-9-19(21)31-3/h4-9,12,17,28H,10-11,13-14H2,1-3H3,(H,24,29)(H,26,33). The number of nitrogens with one attached hydrogen (secondary N) is 2. The van der Waals surface area contributed by atoms with Gasteiger partial charge >= 0.3 is 0 Å². The van der Waals surface area contributed by atoms with E-state index >= 15 is 0 Å². The first-order valence-corrected chi connectivity index (χ1v) is 10.8. The fourth-order valence-corrected chi connectivity index (χ4v) is 3.48. The van der Waals surface area contributed by atoms with Crippen LogP contribution in [0.5, 0.6) is 17.2 Å². The van der Waals surface area contributed by atoms with Crippen LogP contribution in [0.2, 0.25) is 0 Å². The summed E-state index contributed by atoms with van der Waals surface area (Å²) < 4.78 is 18.4. The van der Waals surface area contributed by atoms with E-state index in [1.807, 2.05) is 31.2 Å². The van der Waals surface area contributed by atoms with Gasteiger partial charge < -0.3 is 24.6 Å². The van der Waals surface area contributed by atoms with Crippen molar-refractivity contribution in [3.8, 4) is 28.6 Å². The van der Waals surface area contributed by atoms with E-state index in [0.29, 0.717) is 34.4 Å². The molecule has 0 saturated heterocycles. The van der Waals surface area contributed by atoms with Crippen LogP contribution < -0.4 is 19.5 Å². The van der Waals surface area contributed by atoms with E-state index < -0.39 is 6.10 Å². The summed E-state index contributed by atoms with van der Waals surface area (Å²) in [7, 11) is 3.05. The maximum absolute atomic E-state index is 12.4. The van der Waals surface area contributed by atoms with Crippen LogP contribution >= 0.6 is 12.2 Å². The molecule has 0 aliphatic carbocycles. The number of aromatic amines is 1. The molecule has 1 aromatic heterocycles. The highest BCUT2D eigenvalue weighted by Crippen LogP contribution is 2.36. The molecular formula is C23H28N4O5S. The number of para-hydroxylation sites is 1. The lowest BCUT2D eigenvalue weighted by Crippen LogP contribution is -2.35. The van der Waals surface area contributed by atoms with Crippen molar-refractivity contribution in [2.45, 2.75) is 26.0 Å². The average molecular weight is 473 g/mol. The summed E-state index contributed by atoms with van der Waals surface area (Å²) in [5, 5.41) is 20.0. The fourth-order valence-electron chi connectivity index (χ4n) is 3.26. The zero-order valence-corrected chi connectivity index (χ0v) is 19.6. The second-order valence-electron chi connectivity index (χ2n) is 7.38. The number of aliphatic hydroxyl groups excluding tert-OH is 1. The van der Waals surface area contributed by atoms with Crippen LogP contribution in [0.3, 0.4) is 0 Å². The molecule has 0 radical (unpaired) electrons. The molecule has 0 bridgehead atoms. The van der Waals surface area contributed by atoms with Crippen LogP contribution in [0.25, 0.3) is 11.4 Å². The Labute approximate surface area is 197 Å². The van der Waals surface area contributed by atoms with Gasteiger partial charge in [0.2, 0.25) is 11.7 Å². The van der Waals surface area contributed by atoms with E-state index in [9.17, 15) is 9.90 Å². The maximum atomic E-state index is 12.4. The number of benzene rings is 2. The molecule has 1 heterocycles. The predicted molar refractivity (Wildman–Crippen MR) is 126 cm³/mol. The molecule has 1 unspecified atom stereocenters. The Kier molecular flexibility index (Phi) is 8.45. The molecule has 176 valence electrons. The van der Waals surface area contributed by atoms with Gasteiger partial charge in [0.05, 0.1) is 14.2 Å². The lowest BCUT2D eigenvalue weighted by molar-refractivity contribution is -0.121. The van der Waals surface area contributed by atoms with Crippen molar-refractivity contribution in [1.82, 2.24) is 20.1 Å². The van der Waals surface area contributed by atoms with Crippen molar-refractivity contribution < 1.29 is 24.1 Å². The number of ether oxygens (including phenoxy) is 3. The van der Waals surface area contributed by atoms with Crippen molar-refractivity contribution in [2.75, 3.05) is 27.4 Å². The van der Waals surface area contributed by atoms with Gasteiger partial charge in [0, 0.05) is 25.1 Å². The number of methoxy groups -OCH3 is 2. The Hall–Kier alpha value is -3.37. The van der Waals surface area contributed by atoms with E-state index in [1.165, 1.54) is 14.2 Å². The molecule has 3 N–H and O–H groups in total. The quantitative estimate of drug-likeness (QED) is 0.368. The third-order valence-electron chi connectivity index (χ3n) is 4.93. The average Bonchev–Trinajstić information content (AvgIpc) is 3.19. The topological polar surface area (TPSA) is 111 Å². The number of nitrogens with zero attached hydrogens (tertiary/aromatic N) is 2. The molecule has 9 nitrogen and oxygen atoms in total.